The summed E-state index contributed by atoms with van der Waals surface area (Å²) < 4.78 is 14.3. The lowest BCUT2D eigenvalue weighted by atomic mass is 10.1. The highest BCUT2D eigenvalue weighted by molar-refractivity contribution is 7.22. The Morgan fingerprint density at radius 3 is 2.75 bits per heavy atom. The van der Waals surface area contributed by atoms with Crippen LogP contribution in [0.1, 0.15) is 15.9 Å². The van der Waals surface area contributed by atoms with E-state index in [2.05, 4.69) is 20.1 Å². The Hall–Kier alpha value is -2.51. The molecule has 146 valence electrons. The van der Waals surface area contributed by atoms with Gasteiger partial charge in [0.15, 0.2) is 5.13 Å². The van der Waals surface area contributed by atoms with Gasteiger partial charge in [0.1, 0.15) is 5.82 Å². The number of halogens is 1. The first-order valence-corrected chi connectivity index (χ1v) is 10.3. The molecule has 0 bridgehead atoms. The molecule has 1 N–H and O–H groups in total. The Bertz CT molecular complexity index is 981. The Morgan fingerprint density at radius 2 is 1.96 bits per heavy atom. The molecule has 1 aliphatic rings. The molecule has 2 aromatic carbocycles. The SMILES string of the molecule is Cc1ccccc1C(=O)NCCN1CCN(c2nc3ccc(F)cc3s2)CC1. The number of anilines is 1. The molecule has 7 heteroatoms. The lowest BCUT2D eigenvalue weighted by molar-refractivity contribution is 0.0947. The van der Waals surface area contributed by atoms with Crippen molar-refractivity contribution < 1.29 is 9.18 Å². The lowest BCUT2D eigenvalue weighted by Crippen LogP contribution is -2.48. The molecule has 28 heavy (non-hydrogen) atoms. The minimum absolute atomic E-state index is 0.0153. The van der Waals surface area contributed by atoms with E-state index in [1.807, 2.05) is 31.2 Å². The van der Waals surface area contributed by atoms with E-state index in [-0.39, 0.29) is 11.7 Å². The fraction of sp³-hybridized carbons (Fsp3) is 0.333. The highest BCUT2D eigenvalue weighted by Gasteiger charge is 2.20. The minimum Gasteiger partial charge on any atom is -0.351 e. The number of hydrogen-bond donors (Lipinski definition) is 1. The van der Waals surface area contributed by atoms with Crippen molar-refractivity contribution in [2.45, 2.75) is 6.92 Å². The van der Waals surface area contributed by atoms with E-state index in [4.69, 9.17) is 0 Å². The zero-order valence-corrected chi connectivity index (χ0v) is 16.6. The van der Waals surface area contributed by atoms with Gasteiger partial charge in [-0.3, -0.25) is 9.69 Å². The average molecular weight is 399 g/mol. The number of rotatable bonds is 5. The summed E-state index contributed by atoms with van der Waals surface area (Å²) in [6.07, 6.45) is 0. The van der Waals surface area contributed by atoms with Crippen LogP contribution in [0.3, 0.4) is 0 Å². The first-order chi connectivity index (χ1) is 13.6. The van der Waals surface area contributed by atoms with Gasteiger partial charge < -0.3 is 10.2 Å². The topological polar surface area (TPSA) is 48.5 Å². The molecule has 1 aliphatic heterocycles. The van der Waals surface area contributed by atoms with Crippen molar-refractivity contribution >= 4 is 32.6 Å². The maximum Gasteiger partial charge on any atom is 0.251 e. The third-order valence-corrected chi connectivity index (χ3v) is 6.16. The van der Waals surface area contributed by atoms with Crippen molar-refractivity contribution in [1.29, 1.82) is 0 Å². The Kier molecular flexibility index (Phi) is 5.54. The van der Waals surface area contributed by atoms with Crippen LogP contribution in [0, 0.1) is 12.7 Å². The average Bonchev–Trinajstić information content (AvgIpc) is 3.12. The number of thiazole rings is 1. The maximum atomic E-state index is 13.4. The first kappa shape index (κ1) is 18.8. The summed E-state index contributed by atoms with van der Waals surface area (Å²) in [5.41, 5.74) is 2.58. The number of aromatic nitrogens is 1. The monoisotopic (exact) mass is 398 g/mol. The molecule has 4 rings (SSSR count). The second-order valence-corrected chi connectivity index (χ2v) is 8.02. The maximum absolute atomic E-state index is 13.4. The number of aryl methyl sites for hydroxylation is 1. The number of nitrogens with one attached hydrogen (secondary N) is 1. The molecular weight excluding hydrogens is 375 g/mol. The predicted octanol–water partition coefficient (Wildman–Crippen LogP) is 3.30. The quantitative estimate of drug-likeness (QED) is 0.717. The molecule has 1 aromatic heterocycles. The third kappa shape index (κ3) is 4.15. The lowest BCUT2D eigenvalue weighted by Gasteiger charge is -2.34. The van der Waals surface area contributed by atoms with Gasteiger partial charge in [-0.1, -0.05) is 29.5 Å². The Balaban J connectivity index is 1.26. The second kappa shape index (κ2) is 8.24. The normalized spacial score (nSPS) is 15.1. The zero-order valence-electron chi connectivity index (χ0n) is 15.8. The van der Waals surface area contributed by atoms with Gasteiger partial charge in [-0.05, 0) is 36.8 Å². The second-order valence-electron chi connectivity index (χ2n) is 7.01. The van der Waals surface area contributed by atoms with E-state index < -0.39 is 0 Å². The van der Waals surface area contributed by atoms with Crippen LogP contribution in [-0.4, -0.2) is 55.1 Å². The summed E-state index contributed by atoms with van der Waals surface area (Å²) in [4.78, 5) is 21.5. The Labute approximate surface area is 167 Å². The molecule has 0 spiro atoms. The Morgan fingerprint density at radius 1 is 1.18 bits per heavy atom. The van der Waals surface area contributed by atoms with Crippen LogP contribution in [0.5, 0.6) is 0 Å². The van der Waals surface area contributed by atoms with Crippen molar-refractivity contribution in [2.24, 2.45) is 0 Å². The highest BCUT2D eigenvalue weighted by Crippen LogP contribution is 2.29. The third-order valence-electron chi connectivity index (χ3n) is 5.09. The number of hydrogen-bond acceptors (Lipinski definition) is 5. The molecule has 3 aromatic rings. The van der Waals surface area contributed by atoms with Crippen LogP contribution in [0.15, 0.2) is 42.5 Å². The van der Waals surface area contributed by atoms with Crippen LogP contribution in [-0.2, 0) is 0 Å². The van der Waals surface area contributed by atoms with Gasteiger partial charge in [0.2, 0.25) is 0 Å². The first-order valence-electron chi connectivity index (χ1n) is 9.47. The number of nitrogens with zero attached hydrogens (tertiary/aromatic N) is 3. The van der Waals surface area contributed by atoms with E-state index in [0.29, 0.717) is 6.54 Å². The van der Waals surface area contributed by atoms with Gasteiger partial charge in [0.25, 0.3) is 5.91 Å². The van der Waals surface area contributed by atoms with E-state index in [1.165, 1.54) is 17.4 Å². The molecular formula is C21H23FN4OS. The summed E-state index contributed by atoms with van der Waals surface area (Å²) in [7, 11) is 0. The zero-order chi connectivity index (χ0) is 19.5. The summed E-state index contributed by atoms with van der Waals surface area (Å²) in [6.45, 7) is 7.02. The van der Waals surface area contributed by atoms with Crippen LogP contribution < -0.4 is 10.2 Å². The van der Waals surface area contributed by atoms with Crippen LogP contribution in [0.2, 0.25) is 0 Å². The molecule has 5 nitrogen and oxygen atoms in total. The number of piperazine rings is 1. The molecule has 2 heterocycles. The molecule has 0 unspecified atom stereocenters. The van der Waals surface area contributed by atoms with E-state index in [0.717, 1.165) is 59.2 Å². The summed E-state index contributed by atoms with van der Waals surface area (Å²) in [5.74, 6) is -0.237. The van der Waals surface area contributed by atoms with Gasteiger partial charge in [-0.25, -0.2) is 9.37 Å². The number of fused-ring (bicyclic) bond motifs is 1. The molecule has 1 saturated heterocycles. The fourth-order valence-electron chi connectivity index (χ4n) is 3.43. The van der Waals surface area contributed by atoms with Gasteiger partial charge in [-0.15, -0.1) is 0 Å². The largest absolute Gasteiger partial charge is 0.351 e. The van der Waals surface area contributed by atoms with Gasteiger partial charge in [0.05, 0.1) is 10.2 Å². The number of carbonyl (C=O) groups excluding carboxylic acids is 1. The predicted molar refractivity (Wildman–Crippen MR) is 112 cm³/mol. The summed E-state index contributed by atoms with van der Waals surface area (Å²) >= 11 is 1.54. The molecule has 1 fully saturated rings. The number of benzene rings is 2. The van der Waals surface area contributed by atoms with Crippen molar-refractivity contribution in [1.82, 2.24) is 15.2 Å². The van der Waals surface area contributed by atoms with Crippen molar-refractivity contribution in [3.63, 3.8) is 0 Å². The summed E-state index contributed by atoms with van der Waals surface area (Å²) in [5, 5.41) is 3.96. The number of amides is 1. The van der Waals surface area contributed by atoms with Gasteiger partial charge >= 0.3 is 0 Å². The molecule has 1 amide bonds. The molecule has 0 atom stereocenters. The highest BCUT2D eigenvalue weighted by atomic mass is 32.1. The van der Waals surface area contributed by atoms with E-state index in [9.17, 15) is 9.18 Å². The van der Waals surface area contributed by atoms with Gasteiger partial charge in [0, 0.05) is 44.8 Å². The van der Waals surface area contributed by atoms with E-state index >= 15 is 0 Å². The van der Waals surface area contributed by atoms with Crippen molar-refractivity contribution in [2.75, 3.05) is 44.2 Å². The van der Waals surface area contributed by atoms with Crippen LogP contribution >= 0.6 is 11.3 Å². The number of carbonyl (C=O) groups is 1. The van der Waals surface area contributed by atoms with E-state index in [1.54, 1.807) is 12.1 Å². The van der Waals surface area contributed by atoms with Crippen molar-refractivity contribution in [3.8, 4) is 0 Å². The molecule has 0 saturated carbocycles. The van der Waals surface area contributed by atoms with Gasteiger partial charge in [-0.2, -0.15) is 0 Å². The summed E-state index contributed by atoms with van der Waals surface area (Å²) in [6, 6.07) is 12.4. The molecule has 0 radical (unpaired) electrons. The molecule has 0 aliphatic carbocycles. The standard InChI is InChI=1S/C21H23FN4OS/c1-15-4-2-3-5-17(15)20(27)23-8-9-25-10-12-26(13-11-25)21-24-18-7-6-16(22)14-19(18)28-21/h2-7,14H,8-13H2,1H3,(H,23,27). The minimum atomic E-state index is -0.222. The van der Waals surface area contributed by atoms with Crippen LogP contribution in [0.25, 0.3) is 10.2 Å². The fourth-order valence-corrected chi connectivity index (χ4v) is 4.48. The smallest absolute Gasteiger partial charge is 0.251 e. The van der Waals surface area contributed by atoms with Crippen LogP contribution in [0.4, 0.5) is 9.52 Å². The van der Waals surface area contributed by atoms with Crippen molar-refractivity contribution in [3.05, 3.63) is 59.4 Å².